The van der Waals surface area contributed by atoms with E-state index in [0.29, 0.717) is 10.0 Å². The molecule has 1 aromatic rings. The molecular weight excluding hydrogens is 277 g/mol. The Bertz CT molecular complexity index is 435. The van der Waals surface area contributed by atoms with Gasteiger partial charge >= 0.3 is 10.5 Å². The van der Waals surface area contributed by atoms with Gasteiger partial charge in [-0.15, -0.1) is 0 Å². The average molecular weight is 284 g/mol. The normalized spacial score (nSPS) is 11.4. The zero-order valence-corrected chi connectivity index (χ0v) is 9.31. The first-order chi connectivity index (χ1) is 6.40. The van der Waals surface area contributed by atoms with Crippen LogP contribution in [0.5, 0.6) is 5.75 Å². The van der Waals surface area contributed by atoms with E-state index in [2.05, 4.69) is 20.1 Å². The summed E-state index contributed by atoms with van der Waals surface area (Å²) in [6.45, 7) is 0.210. The average Bonchev–Trinajstić information content (AvgIpc) is 1.99. The minimum absolute atomic E-state index is 0.109. The molecule has 0 aromatic heterocycles. The molecule has 0 saturated heterocycles. The molecule has 78 valence electrons. The molecular formula is C7H7BrFNO3S. The van der Waals surface area contributed by atoms with Crippen LogP contribution in [0.3, 0.4) is 0 Å². The molecule has 0 spiro atoms. The minimum Gasteiger partial charge on any atom is -0.358 e. The predicted octanol–water partition coefficient (Wildman–Crippen LogP) is 1.50. The maximum absolute atomic E-state index is 12.1. The van der Waals surface area contributed by atoms with Gasteiger partial charge in [0.15, 0.2) is 0 Å². The summed E-state index contributed by atoms with van der Waals surface area (Å²) < 4.78 is 37.1. The lowest BCUT2D eigenvalue weighted by Gasteiger charge is -2.03. The molecule has 0 radical (unpaired) electrons. The fourth-order valence-electron chi connectivity index (χ4n) is 0.902. The van der Waals surface area contributed by atoms with Crippen molar-refractivity contribution in [3.8, 4) is 5.75 Å². The first kappa shape index (κ1) is 11.4. The second kappa shape index (κ2) is 4.24. The molecule has 0 aliphatic rings. The summed E-state index contributed by atoms with van der Waals surface area (Å²) in [5.74, 6) is -0.109. The molecule has 0 heterocycles. The van der Waals surface area contributed by atoms with Gasteiger partial charge in [-0.3, -0.25) is 0 Å². The lowest BCUT2D eigenvalue weighted by molar-refractivity contribution is 0.440. The van der Waals surface area contributed by atoms with Crippen molar-refractivity contribution in [1.29, 1.82) is 0 Å². The van der Waals surface area contributed by atoms with E-state index in [0.717, 1.165) is 0 Å². The van der Waals surface area contributed by atoms with Crippen LogP contribution in [0.15, 0.2) is 22.7 Å². The Balaban J connectivity index is 3.04. The van der Waals surface area contributed by atoms with E-state index in [-0.39, 0.29) is 12.3 Å². The molecule has 0 unspecified atom stereocenters. The summed E-state index contributed by atoms with van der Waals surface area (Å²) in [7, 11) is -4.98. The predicted molar refractivity (Wildman–Crippen MR) is 52.7 cm³/mol. The topological polar surface area (TPSA) is 69.4 Å². The number of hydrogen-bond donors (Lipinski definition) is 1. The van der Waals surface area contributed by atoms with Crippen molar-refractivity contribution in [2.45, 2.75) is 6.54 Å². The van der Waals surface area contributed by atoms with Gasteiger partial charge in [-0.25, -0.2) is 0 Å². The second-order valence-corrected chi connectivity index (χ2v) is 4.34. The highest BCUT2D eigenvalue weighted by Crippen LogP contribution is 2.22. The fraction of sp³-hybridized carbons (Fsp3) is 0.143. The van der Waals surface area contributed by atoms with Crippen LogP contribution in [-0.2, 0) is 17.0 Å². The van der Waals surface area contributed by atoms with Crippen molar-refractivity contribution in [2.75, 3.05) is 0 Å². The highest BCUT2D eigenvalue weighted by Gasteiger charge is 2.10. The summed E-state index contributed by atoms with van der Waals surface area (Å²) >= 11 is 3.11. The Morgan fingerprint density at radius 3 is 2.57 bits per heavy atom. The molecule has 0 atom stereocenters. The lowest BCUT2D eigenvalue weighted by atomic mass is 10.2. The Morgan fingerprint density at radius 1 is 1.43 bits per heavy atom. The van der Waals surface area contributed by atoms with E-state index in [4.69, 9.17) is 5.73 Å². The number of nitrogens with two attached hydrogens (primary N) is 1. The monoisotopic (exact) mass is 283 g/mol. The van der Waals surface area contributed by atoms with E-state index in [1.165, 1.54) is 12.1 Å². The van der Waals surface area contributed by atoms with Crippen molar-refractivity contribution in [2.24, 2.45) is 5.73 Å². The third-order valence-electron chi connectivity index (χ3n) is 1.36. The molecule has 0 aliphatic heterocycles. The SMILES string of the molecule is NCc1cc(Br)cc(OS(=O)(=O)F)c1. The summed E-state index contributed by atoms with van der Waals surface area (Å²) in [4.78, 5) is 0. The fourth-order valence-corrected chi connectivity index (χ4v) is 1.75. The van der Waals surface area contributed by atoms with Gasteiger partial charge in [0, 0.05) is 11.0 Å². The number of rotatable bonds is 3. The van der Waals surface area contributed by atoms with Crippen LogP contribution in [-0.4, -0.2) is 8.42 Å². The highest BCUT2D eigenvalue weighted by atomic mass is 79.9. The van der Waals surface area contributed by atoms with E-state index in [1.54, 1.807) is 6.07 Å². The van der Waals surface area contributed by atoms with Gasteiger partial charge in [-0.1, -0.05) is 19.8 Å². The van der Waals surface area contributed by atoms with Crippen LogP contribution in [0.25, 0.3) is 0 Å². The smallest absolute Gasteiger partial charge is 0.358 e. The third-order valence-corrected chi connectivity index (χ3v) is 2.21. The largest absolute Gasteiger partial charge is 0.488 e. The summed E-state index contributed by atoms with van der Waals surface area (Å²) in [6.07, 6.45) is 0. The maximum atomic E-state index is 12.1. The van der Waals surface area contributed by atoms with Gasteiger partial charge in [0.05, 0.1) is 0 Å². The van der Waals surface area contributed by atoms with E-state index in [1.807, 2.05) is 0 Å². The molecule has 0 amide bonds. The molecule has 1 rings (SSSR count). The molecule has 2 N–H and O–H groups in total. The molecule has 0 fully saturated rings. The van der Waals surface area contributed by atoms with Crippen molar-refractivity contribution in [3.63, 3.8) is 0 Å². The van der Waals surface area contributed by atoms with Gasteiger partial charge in [0.25, 0.3) is 0 Å². The van der Waals surface area contributed by atoms with Gasteiger partial charge in [0.1, 0.15) is 5.75 Å². The highest BCUT2D eigenvalue weighted by molar-refractivity contribution is 9.10. The van der Waals surface area contributed by atoms with Gasteiger partial charge in [-0.05, 0) is 23.8 Å². The van der Waals surface area contributed by atoms with E-state index < -0.39 is 10.5 Å². The quantitative estimate of drug-likeness (QED) is 0.854. The van der Waals surface area contributed by atoms with Crippen LogP contribution < -0.4 is 9.92 Å². The Hall–Kier alpha value is -0.660. The molecule has 0 aliphatic carbocycles. The lowest BCUT2D eigenvalue weighted by Crippen LogP contribution is -2.03. The van der Waals surface area contributed by atoms with Crippen molar-refractivity contribution >= 4 is 26.4 Å². The molecule has 14 heavy (non-hydrogen) atoms. The summed E-state index contributed by atoms with van der Waals surface area (Å²) in [6, 6.07) is 4.36. The number of hydrogen-bond acceptors (Lipinski definition) is 4. The van der Waals surface area contributed by atoms with Crippen LogP contribution in [0.4, 0.5) is 3.89 Å². The molecule has 1 aromatic carbocycles. The van der Waals surface area contributed by atoms with Gasteiger partial charge < -0.3 is 9.92 Å². The zero-order chi connectivity index (χ0) is 10.8. The summed E-state index contributed by atoms with van der Waals surface area (Å²) in [5, 5.41) is 0. The van der Waals surface area contributed by atoms with Crippen LogP contribution in [0, 0.1) is 0 Å². The van der Waals surface area contributed by atoms with E-state index >= 15 is 0 Å². The second-order valence-electron chi connectivity index (χ2n) is 2.48. The number of halogens is 2. The van der Waals surface area contributed by atoms with Gasteiger partial charge in [-0.2, -0.15) is 8.42 Å². The van der Waals surface area contributed by atoms with E-state index in [9.17, 15) is 12.3 Å². The Labute approximate surface area is 89.4 Å². The van der Waals surface area contributed by atoms with Crippen LogP contribution in [0.1, 0.15) is 5.56 Å². The van der Waals surface area contributed by atoms with Crippen molar-refractivity contribution in [1.82, 2.24) is 0 Å². The van der Waals surface area contributed by atoms with Crippen molar-refractivity contribution in [3.05, 3.63) is 28.2 Å². The molecule has 4 nitrogen and oxygen atoms in total. The first-order valence-corrected chi connectivity index (χ1v) is 5.64. The minimum atomic E-state index is -4.98. The van der Waals surface area contributed by atoms with Crippen LogP contribution >= 0.6 is 15.9 Å². The first-order valence-electron chi connectivity index (χ1n) is 3.54. The Kier molecular flexibility index (Phi) is 3.46. The molecule has 0 saturated carbocycles. The summed E-state index contributed by atoms with van der Waals surface area (Å²) in [5.41, 5.74) is 5.97. The van der Waals surface area contributed by atoms with Gasteiger partial charge in [0.2, 0.25) is 0 Å². The standard InChI is InChI=1S/C7H7BrFNO3S/c8-6-1-5(4-10)2-7(3-6)13-14(9,11)12/h1-3H,4,10H2. The maximum Gasteiger partial charge on any atom is 0.488 e. The Morgan fingerprint density at radius 2 is 2.07 bits per heavy atom. The van der Waals surface area contributed by atoms with Crippen molar-refractivity contribution < 1.29 is 16.5 Å². The zero-order valence-electron chi connectivity index (χ0n) is 6.91. The molecule has 0 bridgehead atoms. The number of benzene rings is 1. The molecule has 7 heteroatoms. The third kappa shape index (κ3) is 3.60. The van der Waals surface area contributed by atoms with Crippen LogP contribution in [0.2, 0.25) is 0 Å².